The van der Waals surface area contributed by atoms with Gasteiger partial charge in [-0.3, -0.25) is 11.1 Å². The molecule has 0 amide bonds. The maximum Gasteiger partial charge on any atom is 0.166 e. The molecule has 0 radical (unpaired) electrons. The summed E-state index contributed by atoms with van der Waals surface area (Å²) in [5.41, 5.74) is 0.694. The number of ether oxygens (including phenoxy) is 2. The van der Waals surface area contributed by atoms with Gasteiger partial charge in [0.2, 0.25) is 0 Å². The van der Waals surface area contributed by atoms with E-state index < -0.39 is 5.79 Å². The molecule has 4 heteroatoms. The molecule has 112 valence electrons. The van der Waals surface area contributed by atoms with Crippen LogP contribution in [0.2, 0.25) is 0 Å². The minimum Gasteiger partial charge on any atom is -0.542 e. The first-order valence-electron chi connectivity index (χ1n) is 7.29. The predicted molar refractivity (Wildman–Crippen MR) is 76.5 cm³/mol. The summed E-state index contributed by atoms with van der Waals surface area (Å²) in [4.78, 5) is 23.3. The number of carbonyl (C=O) groups excluding carboxylic acids is 2. The highest BCUT2D eigenvalue weighted by Gasteiger charge is 2.58. The van der Waals surface area contributed by atoms with E-state index in [0.29, 0.717) is 12.2 Å². The Hall–Kier alpha value is -1.52. The van der Waals surface area contributed by atoms with Gasteiger partial charge in [-0.2, -0.15) is 0 Å². The molecule has 2 fully saturated rings. The zero-order valence-corrected chi connectivity index (χ0v) is 12.2. The second-order valence-electron chi connectivity index (χ2n) is 6.21. The van der Waals surface area contributed by atoms with Gasteiger partial charge in [0.25, 0.3) is 0 Å². The number of hydrogen-bond acceptors (Lipinski definition) is 4. The van der Waals surface area contributed by atoms with Crippen LogP contribution in [-0.2, 0) is 14.3 Å². The van der Waals surface area contributed by atoms with Crippen molar-refractivity contribution in [3.05, 3.63) is 35.9 Å². The van der Waals surface area contributed by atoms with Crippen LogP contribution >= 0.6 is 0 Å². The lowest BCUT2D eigenvalue weighted by atomic mass is 10.0. The van der Waals surface area contributed by atoms with E-state index in [4.69, 9.17) is 9.47 Å². The molecule has 4 atom stereocenters. The van der Waals surface area contributed by atoms with Crippen LogP contribution in [0.25, 0.3) is 0 Å². The molecule has 1 aliphatic carbocycles. The molecule has 0 unspecified atom stereocenters. The van der Waals surface area contributed by atoms with E-state index in [1.807, 2.05) is 50.5 Å². The second kappa shape index (κ2) is 5.35. The Labute approximate surface area is 124 Å². The number of benzene rings is 1. The standard InChI is InChI=1S/C17H19O4/c1-17(2)20-10-13(21-17)14-12(8-9-18)15(14)16(19)11-6-4-3-5-7-11/h3-7,12-15H,8,10H2,1-2H3/q-1/t12-,13+,14+,15-/m1/s1. The normalized spacial score (nSPS) is 33.6. The van der Waals surface area contributed by atoms with Crippen LogP contribution in [0.1, 0.15) is 30.6 Å². The number of hydrogen-bond donors (Lipinski definition) is 0. The van der Waals surface area contributed by atoms with Crippen molar-refractivity contribution in [2.45, 2.75) is 32.2 Å². The summed E-state index contributed by atoms with van der Waals surface area (Å²) in [6.07, 6.45) is 2.11. The lowest BCUT2D eigenvalue weighted by Crippen LogP contribution is -2.23. The van der Waals surface area contributed by atoms with Gasteiger partial charge in [-0.05, 0) is 25.7 Å². The summed E-state index contributed by atoms with van der Waals surface area (Å²) in [6.45, 7) is 4.21. The minimum absolute atomic E-state index is 0.0257. The summed E-state index contributed by atoms with van der Waals surface area (Å²) in [5, 5.41) is 0. The minimum atomic E-state index is -0.608. The number of ketones is 1. The van der Waals surface area contributed by atoms with Crippen molar-refractivity contribution in [3.63, 3.8) is 0 Å². The topological polar surface area (TPSA) is 52.6 Å². The average molecular weight is 287 g/mol. The predicted octanol–water partition coefficient (Wildman–Crippen LogP) is 2.38. The average Bonchev–Trinajstić information content (AvgIpc) is 3.06. The Morgan fingerprint density at radius 1 is 1.33 bits per heavy atom. The highest BCUT2D eigenvalue weighted by molar-refractivity contribution is 6.00. The van der Waals surface area contributed by atoms with Crippen molar-refractivity contribution in [2.24, 2.45) is 17.8 Å². The molecular formula is C17H19O4-. The van der Waals surface area contributed by atoms with E-state index in [1.165, 1.54) is 0 Å². The quantitative estimate of drug-likeness (QED) is 0.616. The molecule has 1 aromatic carbocycles. The van der Waals surface area contributed by atoms with Gasteiger partial charge in [-0.25, -0.2) is 0 Å². The molecule has 1 saturated carbocycles. The smallest absolute Gasteiger partial charge is 0.166 e. The number of carbonyl (C=O) groups is 1. The third-order valence-corrected chi connectivity index (χ3v) is 4.37. The molecule has 1 aliphatic heterocycles. The fraction of sp³-hybridized carbons (Fsp3) is 0.529. The van der Waals surface area contributed by atoms with Gasteiger partial charge in [-0.15, -0.1) is 6.42 Å². The van der Waals surface area contributed by atoms with Crippen molar-refractivity contribution in [2.75, 3.05) is 6.61 Å². The largest absolute Gasteiger partial charge is 0.542 e. The van der Waals surface area contributed by atoms with Crippen molar-refractivity contribution < 1.29 is 19.1 Å². The zero-order valence-electron chi connectivity index (χ0n) is 12.2. The van der Waals surface area contributed by atoms with E-state index in [9.17, 15) is 9.59 Å². The van der Waals surface area contributed by atoms with Gasteiger partial charge < -0.3 is 14.3 Å². The Balaban J connectivity index is 1.75. The first kappa shape index (κ1) is 14.4. The van der Waals surface area contributed by atoms with E-state index in [0.717, 1.165) is 0 Å². The summed E-state index contributed by atoms with van der Waals surface area (Å²) in [6, 6.07) is 9.21. The Kier molecular flexibility index (Phi) is 3.68. The van der Waals surface area contributed by atoms with Crippen LogP contribution in [-0.4, -0.2) is 30.6 Å². The summed E-state index contributed by atoms with van der Waals surface area (Å²) >= 11 is 0. The fourth-order valence-electron chi connectivity index (χ4n) is 3.34. The highest BCUT2D eigenvalue weighted by atomic mass is 16.7. The van der Waals surface area contributed by atoms with Crippen LogP contribution in [0.4, 0.5) is 0 Å². The Morgan fingerprint density at radius 2 is 2.05 bits per heavy atom. The van der Waals surface area contributed by atoms with Crippen LogP contribution in [0.15, 0.2) is 30.3 Å². The van der Waals surface area contributed by atoms with E-state index >= 15 is 0 Å². The van der Waals surface area contributed by atoms with Gasteiger partial charge in [0.15, 0.2) is 11.6 Å². The lowest BCUT2D eigenvalue weighted by molar-refractivity contribution is -0.141. The number of Topliss-reactive ketones (excluding diaryl/α,β-unsaturated/α-hetero) is 1. The van der Waals surface area contributed by atoms with Crippen LogP contribution in [0, 0.1) is 17.8 Å². The molecule has 1 saturated heterocycles. The molecular weight excluding hydrogens is 268 g/mol. The van der Waals surface area contributed by atoms with Gasteiger partial charge in [0, 0.05) is 11.5 Å². The van der Waals surface area contributed by atoms with Gasteiger partial charge in [0.1, 0.15) is 0 Å². The molecule has 3 rings (SSSR count). The Morgan fingerprint density at radius 3 is 2.62 bits per heavy atom. The van der Waals surface area contributed by atoms with Crippen molar-refractivity contribution in [1.82, 2.24) is 0 Å². The van der Waals surface area contributed by atoms with Crippen LogP contribution < -0.4 is 0 Å². The second-order valence-corrected chi connectivity index (χ2v) is 6.21. The lowest BCUT2D eigenvalue weighted by Gasteiger charge is -2.17. The maximum atomic E-state index is 12.6. The van der Waals surface area contributed by atoms with E-state index in [2.05, 4.69) is 0 Å². The fourth-order valence-corrected chi connectivity index (χ4v) is 3.34. The number of rotatable bonds is 5. The third kappa shape index (κ3) is 2.78. The Bertz CT molecular complexity index is 537. The SMILES string of the molecule is CC1(C)OC[C@@H]([C@@H]2[C@@H](C[C-]=O)[C@H]2C(=O)c2ccccc2)O1. The van der Waals surface area contributed by atoms with E-state index in [1.54, 1.807) is 0 Å². The van der Waals surface area contributed by atoms with Gasteiger partial charge in [0.05, 0.1) is 12.7 Å². The van der Waals surface area contributed by atoms with Gasteiger partial charge >= 0.3 is 0 Å². The molecule has 0 spiro atoms. The third-order valence-electron chi connectivity index (χ3n) is 4.37. The van der Waals surface area contributed by atoms with Crippen molar-refractivity contribution >= 4 is 12.1 Å². The van der Waals surface area contributed by atoms with Crippen LogP contribution in [0.5, 0.6) is 0 Å². The molecule has 0 bridgehead atoms. The highest BCUT2D eigenvalue weighted by Crippen LogP contribution is 2.54. The van der Waals surface area contributed by atoms with Gasteiger partial charge in [-0.1, -0.05) is 30.3 Å². The van der Waals surface area contributed by atoms with Crippen LogP contribution in [0.3, 0.4) is 0 Å². The first-order chi connectivity index (χ1) is 10.0. The maximum absolute atomic E-state index is 12.6. The summed E-state index contributed by atoms with van der Waals surface area (Å²) in [7, 11) is 0. The molecule has 1 aromatic rings. The molecule has 0 N–H and O–H groups in total. The molecule has 2 aliphatic rings. The monoisotopic (exact) mass is 287 g/mol. The summed E-state index contributed by atoms with van der Waals surface area (Å²) in [5.74, 6) is -0.590. The zero-order chi connectivity index (χ0) is 15.0. The van der Waals surface area contributed by atoms with E-state index in [-0.39, 0.29) is 36.1 Å². The van der Waals surface area contributed by atoms with Crippen molar-refractivity contribution in [3.8, 4) is 0 Å². The molecule has 0 aromatic heterocycles. The first-order valence-corrected chi connectivity index (χ1v) is 7.29. The molecule has 1 heterocycles. The van der Waals surface area contributed by atoms with Crippen molar-refractivity contribution in [1.29, 1.82) is 0 Å². The molecule has 21 heavy (non-hydrogen) atoms. The molecule has 4 nitrogen and oxygen atoms in total. The summed E-state index contributed by atoms with van der Waals surface area (Å²) < 4.78 is 11.4.